The standard InChI is InChI=1S/C11H16F2N6/c1-14-10-7-4-15-19(3)11(7)17-9(16-10)6-18(2)5-8(12)13/h4,8H,5-6H2,1-3H3,(H,14,16,17). The summed E-state index contributed by atoms with van der Waals surface area (Å²) >= 11 is 0. The van der Waals surface area contributed by atoms with Crippen LogP contribution in [0, 0.1) is 0 Å². The van der Waals surface area contributed by atoms with E-state index in [-0.39, 0.29) is 13.1 Å². The second kappa shape index (κ2) is 5.43. The topological polar surface area (TPSA) is 58.9 Å². The molecule has 0 aliphatic carbocycles. The summed E-state index contributed by atoms with van der Waals surface area (Å²) in [5.41, 5.74) is 0.680. The molecule has 1 N–H and O–H groups in total. The summed E-state index contributed by atoms with van der Waals surface area (Å²) in [6, 6.07) is 0. The predicted molar refractivity (Wildman–Crippen MR) is 68.2 cm³/mol. The summed E-state index contributed by atoms with van der Waals surface area (Å²) in [4.78, 5) is 10.2. The van der Waals surface area contributed by atoms with Crippen molar-refractivity contribution in [3.05, 3.63) is 12.0 Å². The van der Waals surface area contributed by atoms with Crippen LogP contribution in [0.5, 0.6) is 0 Å². The molecule has 0 amide bonds. The van der Waals surface area contributed by atoms with Crippen LogP contribution in [-0.4, -0.2) is 51.7 Å². The van der Waals surface area contributed by atoms with Crippen LogP contribution >= 0.6 is 0 Å². The number of nitrogens with one attached hydrogen (secondary N) is 1. The third-order valence-electron chi connectivity index (χ3n) is 2.74. The van der Waals surface area contributed by atoms with Gasteiger partial charge in [-0.3, -0.25) is 9.58 Å². The number of rotatable bonds is 5. The lowest BCUT2D eigenvalue weighted by Gasteiger charge is -2.15. The molecule has 0 saturated heterocycles. The molecule has 0 aliphatic rings. The zero-order valence-electron chi connectivity index (χ0n) is 11.1. The Morgan fingerprint density at radius 1 is 1.42 bits per heavy atom. The van der Waals surface area contributed by atoms with Crippen molar-refractivity contribution >= 4 is 16.9 Å². The van der Waals surface area contributed by atoms with Crippen LogP contribution in [0.2, 0.25) is 0 Å². The first-order valence-electron chi connectivity index (χ1n) is 5.84. The van der Waals surface area contributed by atoms with Gasteiger partial charge in [0.15, 0.2) is 5.65 Å². The lowest BCUT2D eigenvalue weighted by atomic mass is 10.3. The van der Waals surface area contributed by atoms with E-state index in [0.717, 1.165) is 5.39 Å². The molecule has 0 saturated carbocycles. The first-order chi connectivity index (χ1) is 9.01. The number of halogens is 2. The van der Waals surface area contributed by atoms with Gasteiger partial charge in [-0.15, -0.1) is 0 Å². The maximum atomic E-state index is 12.3. The molecule has 2 aromatic rings. The Morgan fingerprint density at radius 2 is 2.16 bits per heavy atom. The summed E-state index contributed by atoms with van der Waals surface area (Å²) in [6.45, 7) is -0.0399. The quantitative estimate of drug-likeness (QED) is 0.881. The number of hydrogen-bond donors (Lipinski definition) is 1. The fourth-order valence-corrected chi connectivity index (χ4v) is 1.87. The van der Waals surface area contributed by atoms with Gasteiger partial charge in [-0.1, -0.05) is 0 Å². The van der Waals surface area contributed by atoms with Gasteiger partial charge in [0.1, 0.15) is 11.6 Å². The van der Waals surface area contributed by atoms with Gasteiger partial charge >= 0.3 is 0 Å². The van der Waals surface area contributed by atoms with Crippen molar-refractivity contribution in [3.63, 3.8) is 0 Å². The molecule has 104 valence electrons. The average molecular weight is 270 g/mol. The molecule has 0 fully saturated rings. The number of nitrogens with zero attached hydrogens (tertiary/aromatic N) is 5. The van der Waals surface area contributed by atoms with Crippen LogP contribution in [0.15, 0.2) is 6.20 Å². The van der Waals surface area contributed by atoms with Crippen LogP contribution in [0.4, 0.5) is 14.6 Å². The highest BCUT2D eigenvalue weighted by molar-refractivity contribution is 5.86. The predicted octanol–water partition coefficient (Wildman–Crippen LogP) is 1.10. The van der Waals surface area contributed by atoms with E-state index in [2.05, 4.69) is 20.4 Å². The maximum absolute atomic E-state index is 12.3. The average Bonchev–Trinajstić information content (AvgIpc) is 2.69. The summed E-state index contributed by atoms with van der Waals surface area (Å²) in [6.07, 6.45) is -0.692. The lowest BCUT2D eigenvalue weighted by molar-refractivity contribution is 0.0965. The Kier molecular flexibility index (Phi) is 3.89. The molecule has 2 aromatic heterocycles. The second-order valence-corrected chi connectivity index (χ2v) is 4.33. The lowest BCUT2D eigenvalue weighted by Crippen LogP contribution is -2.25. The molecule has 2 rings (SSSR count). The number of anilines is 1. The highest BCUT2D eigenvalue weighted by atomic mass is 19.3. The normalized spacial score (nSPS) is 11.7. The van der Waals surface area contributed by atoms with E-state index in [9.17, 15) is 8.78 Å². The van der Waals surface area contributed by atoms with Crippen LogP contribution in [0.25, 0.3) is 11.0 Å². The highest BCUT2D eigenvalue weighted by Crippen LogP contribution is 2.19. The fraction of sp³-hybridized carbons (Fsp3) is 0.545. The van der Waals surface area contributed by atoms with E-state index < -0.39 is 6.43 Å². The Hall–Kier alpha value is -1.83. The van der Waals surface area contributed by atoms with E-state index >= 15 is 0 Å². The SMILES string of the molecule is CNc1nc(CN(C)CC(F)F)nc2c1cnn2C. The van der Waals surface area contributed by atoms with Crippen LogP contribution in [0.1, 0.15) is 5.82 Å². The zero-order valence-corrected chi connectivity index (χ0v) is 11.1. The van der Waals surface area contributed by atoms with Gasteiger partial charge < -0.3 is 5.32 Å². The van der Waals surface area contributed by atoms with Crippen molar-refractivity contribution in [2.75, 3.05) is 26.0 Å². The van der Waals surface area contributed by atoms with E-state index in [1.165, 1.54) is 4.90 Å². The number of aryl methyl sites for hydroxylation is 1. The maximum Gasteiger partial charge on any atom is 0.251 e. The Bertz CT molecular complexity index is 568. The summed E-state index contributed by atoms with van der Waals surface area (Å²) in [7, 11) is 5.14. The molecule has 0 atom stereocenters. The minimum absolute atomic E-state index is 0.264. The van der Waals surface area contributed by atoms with E-state index in [1.54, 1.807) is 32.0 Å². The summed E-state index contributed by atoms with van der Waals surface area (Å²) in [5.74, 6) is 1.14. The molecule has 0 radical (unpaired) electrons. The number of fused-ring (bicyclic) bond motifs is 1. The molecule has 0 bridgehead atoms. The van der Waals surface area contributed by atoms with Gasteiger partial charge in [0.05, 0.1) is 24.7 Å². The smallest absolute Gasteiger partial charge is 0.251 e. The molecule has 0 spiro atoms. The van der Waals surface area contributed by atoms with Crippen molar-refractivity contribution in [2.24, 2.45) is 7.05 Å². The third kappa shape index (κ3) is 2.95. The van der Waals surface area contributed by atoms with Gasteiger partial charge in [0, 0.05) is 14.1 Å². The molecule has 2 heterocycles. The van der Waals surface area contributed by atoms with Crippen LogP contribution in [0.3, 0.4) is 0 Å². The van der Waals surface area contributed by atoms with Gasteiger partial charge in [-0.05, 0) is 7.05 Å². The van der Waals surface area contributed by atoms with Gasteiger partial charge in [0.2, 0.25) is 0 Å². The number of aromatic nitrogens is 4. The Labute approximate surface area is 109 Å². The highest BCUT2D eigenvalue weighted by Gasteiger charge is 2.13. The monoisotopic (exact) mass is 270 g/mol. The number of alkyl halides is 2. The van der Waals surface area contributed by atoms with E-state index in [4.69, 9.17) is 0 Å². The van der Waals surface area contributed by atoms with Crippen LogP contribution < -0.4 is 5.32 Å². The van der Waals surface area contributed by atoms with E-state index in [0.29, 0.717) is 17.3 Å². The first kappa shape index (κ1) is 13.6. The largest absolute Gasteiger partial charge is 0.372 e. The van der Waals surface area contributed by atoms with Gasteiger partial charge in [-0.2, -0.15) is 5.10 Å². The first-order valence-corrected chi connectivity index (χ1v) is 5.84. The fourth-order valence-electron chi connectivity index (χ4n) is 1.87. The number of hydrogen-bond acceptors (Lipinski definition) is 5. The van der Waals surface area contributed by atoms with E-state index in [1.807, 2.05) is 0 Å². The second-order valence-electron chi connectivity index (χ2n) is 4.33. The van der Waals surface area contributed by atoms with Crippen molar-refractivity contribution in [3.8, 4) is 0 Å². The zero-order chi connectivity index (χ0) is 14.0. The molecule has 19 heavy (non-hydrogen) atoms. The minimum atomic E-state index is -2.37. The molecule has 6 nitrogen and oxygen atoms in total. The van der Waals surface area contributed by atoms with Crippen molar-refractivity contribution < 1.29 is 8.78 Å². The van der Waals surface area contributed by atoms with Gasteiger partial charge in [-0.25, -0.2) is 18.7 Å². The third-order valence-corrected chi connectivity index (χ3v) is 2.74. The molecule has 0 aliphatic heterocycles. The summed E-state index contributed by atoms with van der Waals surface area (Å²) in [5, 5.41) is 7.89. The van der Waals surface area contributed by atoms with Gasteiger partial charge in [0.25, 0.3) is 6.43 Å². The van der Waals surface area contributed by atoms with Crippen molar-refractivity contribution in [2.45, 2.75) is 13.0 Å². The molecule has 0 aromatic carbocycles. The minimum Gasteiger partial charge on any atom is -0.372 e. The molecule has 0 unspecified atom stereocenters. The molecule has 8 heteroatoms. The molecular formula is C11H16F2N6. The summed E-state index contributed by atoms with van der Waals surface area (Å²) < 4.78 is 26.2. The van der Waals surface area contributed by atoms with Crippen LogP contribution in [-0.2, 0) is 13.6 Å². The molecular weight excluding hydrogens is 254 g/mol. The van der Waals surface area contributed by atoms with Crippen molar-refractivity contribution in [1.29, 1.82) is 0 Å². The Morgan fingerprint density at radius 3 is 2.79 bits per heavy atom. The van der Waals surface area contributed by atoms with Crippen molar-refractivity contribution in [1.82, 2.24) is 24.6 Å². The Balaban J connectivity index is 2.30.